The number of ether oxygens (including phenoxy) is 1. The van der Waals surface area contributed by atoms with Crippen molar-refractivity contribution in [2.24, 2.45) is 5.92 Å². The molecule has 0 aromatic heterocycles. The number of likely N-dealkylation sites (N-methyl/N-ethyl adjacent to an activating group) is 1. The second-order valence-electron chi connectivity index (χ2n) is 6.45. The van der Waals surface area contributed by atoms with Gasteiger partial charge in [0.1, 0.15) is 11.9 Å². The molecule has 2 fully saturated rings. The molecule has 0 bridgehead atoms. The summed E-state index contributed by atoms with van der Waals surface area (Å²) in [5, 5.41) is 9.38. The number of hydrogen-bond donors (Lipinski definition) is 1. The van der Waals surface area contributed by atoms with E-state index >= 15 is 0 Å². The third-order valence-electron chi connectivity index (χ3n) is 4.34. The van der Waals surface area contributed by atoms with Crippen LogP contribution in [0, 0.1) is 5.92 Å². The highest BCUT2D eigenvalue weighted by molar-refractivity contribution is 5.81. The lowest BCUT2D eigenvalue weighted by atomic mass is 10.1. The summed E-state index contributed by atoms with van der Waals surface area (Å²) in [6, 6.07) is 7.08. The molecule has 0 spiro atoms. The standard InChI is InChI=1S/C17H24N2O3/c1-18-8-9-22-16(12-18)17(21)19(10-13-2-3-13)11-14-4-6-15(20)7-5-14/h4-7,13,16,20H,2-3,8-12H2,1H3/t16-/m1/s1. The summed E-state index contributed by atoms with van der Waals surface area (Å²) in [6.45, 7) is 3.55. The first-order valence-electron chi connectivity index (χ1n) is 7.98. The lowest BCUT2D eigenvalue weighted by Gasteiger charge is -2.33. The number of hydrogen-bond acceptors (Lipinski definition) is 4. The molecule has 2 aliphatic rings. The van der Waals surface area contributed by atoms with Gasteiger partial charge in [-0.25, -0.2) is 0 Å². The van der Waals surface area contributed by atoms with Gasteiger partial charge in [0, 0.05) is 26.2 Å². The second kappa shape index (κ2) is 6.67. The van der Waals surface area contributed by atoms with Gasteiger partial charge in [-0.05, 0) is 43.5 Å². The average Bonchev–Trinajstić information content (AvgIpc) is 3.32. The van der Waals surface area contributed by atoms with Crippen LogP contribution in [0.15, 0.2) is 24.3 Å². The molecule has 0 unspecified atom stereocenters. The predicted molar refractivity (Wildman–Crippen MR) is 83.5 cm³/mol. The number of benzene rings is 1. The van der Waals surface area contributed by atoms with Gasteiger partial charge in [-0.15, -0.1) is 0 Å². The zero-order valence-corrected chi connectivity index (χ0v) is 13.1. The smallest absolute Gasteiger partial charge is 0.253 e. The molecular weight excluding hydrogens is 280 g/mol. The molecular formula is C17H24N2O3. The zero-order valence-electron chi connectivity index (χ0n) is 13.1. The summed E-state index contributed by atoms with van der Waals surface area (Å²) >= 11 is 0. The minimum absolute atomic E-state index is 0.0894. The van der Waals surface area contributed by atoms with Crippen LogP contribution in [0.4, 0.5) is 0 Å². The maximum atomic E-state index is 12.8. The Morgan fingerprint density at radius 3 is 2.73 bits per heavy atom. The van der Waals surface area contributed by atoms with Crippen LogP contribution in [-0.4, -0.2) is 60.2 Å². The van der Waals surface area contributed by atoms with E-state index < -0.39 is 0 Å². The van der Waals surface area contributed by atoms with E-state index in [2.05, 4.69) is 4.90 Å². The van der Waals surface area contributed by atoms with Crippen molar-refractivity contribution in [2.75, 3.05) is 33.3 Å². The van der Waals surface area contributed by atoms with E-state index in [4.69, 9.17) is 4.74 Å². The van der Waals surface area contributed by atoms with Gasteiger partial charge in [0.25, 0.3) is 5.91 Å². The molecule has 1 saturated carbocycles. The number of morpholine rings is 1. The fraction of sp³-hybridized carbons (Fsp3) is 0.588. The molecule has 1 N–H and O–H groups in total. The fourth-order valence-electron chi connectivity index (χ4n) is 2.80. The first-order valence-corrected chi connectivity index (χ1v) is 7.98. The normalized spacial score (nSPS) is 22.5. The Labute approximate surface area is 131 Å². The number of phenolic OH excluding ortho intramolecular Hbond substituents is 1. The lowest BCUT2D eigenvalue weighted by molar-refractivity contribution is -0.149. The van der Waals surface area contributed by atoms with Gasteiger partial charge in [-0.2, -0.15) is 0 Å². The summed E-state index contributed by atoms with van der Waals surface area (Å²) in [7, 11) is 2.02. The monoisotopic (exact) mass is 304 g/mol. The molecule has 1 saturated heterocycles. The van der Waals surface area contributed by atoms with Crippen LogP contribution < -0.4 is 0 Å². The fourth-order valence-corrected chi connectivity index (χ4v) is 2.80. The van der Waals surface area contributed by atoms with E-state index in [0.29, 0.717) is 25.6 Å². The molecule has 1 amide bonds. The van der Waals surface area contributed by atoms with Crippen LogP contribution in [0.2, 0.25) is 0 Å². The number of aromatic hydroxyl groups is 1. The molecule has 1 heterocycles. The largest absolute Gasteiger partial charge is 0.508 e. The summed E-state index contributed by atoms with van der Waals surface area (Å²) in [5.74, 6) is 0.981. The number of carbonyl (C=O) groups is 1. The third-order valence-corrected chi connectivity index (χ3v) is 4.34. The van der Waals surface area contributed by atoms with E-state index in [1.54, 1.807) is 12.1 Å². The first kappa shape index (κ1) is 15.3. The Kier molecular flexibility index (Phi) is 4.64. The third kappa shape index (κ3) is 3.99. The second-order valence-corrected chi connectivity index (χ2v) is 6.45. The molecule has 5 nitrogen and oxygen atoms in total. The zero-order chi connectivity index (χ0) is 15.5. The van der Waals surface area contributed by atoms with Crippen molar-refractivity contribution in [1.29, 1.82) is 0 Å². The molecule has 1 aliphatic carbocycles. The number of amides is 1. The van der Waals surface area contributed by atoms with Crippen LogP contribution in [0.5, 0.6) is 5.75 Å². The Morgan fingerprint density at radius 1 is 1.36 bits per heavy atom. The van der Waals surface area contributed by atoms with Crippen LogP contribution in [0.3, 0.4) is 0 Å². The van der Waals surface area contributed by atoms with Crippen molar-refractivity contribution >= 4 is 5.91 Å². The first-order chi connectivity index (χ1) is 10.6. The SMILES string of the molecule is CN1CCO[C@@H](C(=O)N(Cc2ccc(O)cc2)CC2CC2)C1. The minimum atomic E-state index is -0.352. The highest BCUT2D eigenvalue weighted by Gasteiger charge is 2.32. The maximum absolute atomic E-state index is 12.8. The minimum Gasteiger partial charge on any atom is -0.508 e. The van der Waals surface area contributed by atoms with E-state index in [1.807, 2.05) is 24.1 Å². The van der Waals surface area contributed by atoms with Gasteiger partial charge in [-0.1, -0.05) is 12.1 Å². The highest BCUT2D eigenvalue weighted by Crippen LogP contribution is 2.30. The molecule has 1 atom stereocenters. The average molecular weight is 304 g/mol. The van der Waals surface area contributed by atoms with Gasteiger partial charge in [-0.3, -0.25) is 4.79 Å². The van der Waals surface area contributed by atoms with Crippen molar-refractivity contribution < 1.29 is 14.6 Å². The van der Waals surface area contributed by atoms with Crippen molar-refractivity contribution in [3.05, 3.63) is 29.8 Å². The predicted octanol–water partition coefficient (Wildman–Crippen LogP) is 1.46. The van der Waals surface area contributed by atoms with Gasteiger partial charge >= 0.3 is 0 Å². The topological polar surface area (TPSA) is 53.0 Å². The molecule has 1 aromatic rings. The molecule has 0 radical (unpaired) electrons. The molecule has 3 rings (SSSR count). The van der Waals surface area contributed by atoms with Gasteiger partial charge < -0.3 is 19.6 Å². The quantitative estimate of drug-likeness (QED) is 0.895. The van der Waals surface area contributed by atoms with Crippen LogP contribution in [0.1, 0.15) is 18.4 Å². The Balaban J connectivity index is 1.67. The van der Waals surface area contributed by atoms with E-state index in [1.165, 1.54) is 12.8 Å². The highest BCUT2D eigenvalue weighted by atomic mass is 16.5. The van der Waals surface area contributed by atoms with Gasteiger partial charge in [0.2, 0.25) is 0 Å². The van der Waals surface area contributed by atoms with Crippen molar-refractivity contribution in [2.45, 2.75) is 25.5 Å². The Bertz CT molecular complexity index is 513. The number of nitrogens with zero attached hydrogens (tertiary/aromatic N) is 2. The van der Waals surface area contributed by atoms with Crippen LogP contribution >= 0.6 is 0 Å². The van der Waals surface area contributed by atoms with Crippen LogP contribution in [-0.2, 0) is 16.1 Å². The number of phenols is 1. The van der Waals surface area contributed by atoms with E-state index in [0.717, 1.165) is 18.7 Å². The van der Waals surface area contributed by atoms with Crippen molar-refractivity contribution in [1.82, 2.24) is 9.80 Å². The van der Waals surface area contributed by atoms with E-state index in [9.17, 15) is 9.90 Å². The summed E-state index contributed by atoms with van der Waals surface area (Å²) in [4.78, 5) is 16.9. The van der Waals surface area contributed by atoms with Crippen molar-refractivity contribution in [3.8, 4) is 5.75 Å². The van der Waals surface area contributed by atoms with Gasteiger partial charge in [0.15, 0.2) is 0 Å². The van der Waals surface area contributed by atoms with Crippen molar-refractivity contribution in [3.63, 3.8) is 0 Å². The number of rotatable bonds is 5. The van der Waals surface area contributed by atoms with E-state index in [-0.39, 0.29) is 17.8 Å². The summed E-state index contributed by atoms with van der Waals surface area (Å²) in [5.41, 5.74) is 1.04. The van der Waals surface area contributed by atoms with Gasteiger partial charge in [0.05, 0.1) is 6.61 Å². The maximum Gasteiger partial charge on any atom is 0.253 e. The molecule has 120 valence electrons. The van der Waals surface area contributed by atoms with Crippen LogP contribution in [0.25, 0.3) is 0 Å². The molecule has 1 aliphatic heterocycles. The molecule has 5 heteroatoms. The molecule has 1 aromatic carbocycles. The summed E-state index contributed by atoms with van der Waals surface area (Å²) < 4.78 is 5.68. The lowest BCUT2D eigenvalue weighted by Crippen LogP contribution is -2.50. The summed E-state index contributed by atoms with van der Waals surface area (Å²) in [6.07, 6.45) is 2.07. The Hall–Kier alpha value is -1.59. The number of carbonyl (C=O) groups excluding carboxylic acids is 1. The molecule has 22 heavy (non-hydrogen) atoms. The Morgan fingerprint density at radius 2 is 2.09 bits per heavy atom.